The lowest BCUT2D eigenvalue weighted by atomic mass is 10.0. The predicted molar refractivity (Wildman–Crippen MR) is 84.4 cm³/mol. The van der Waals surface area contributed by atoms with E-state index in [1.54, 1.807) is 0 Å². The van der Waals surface area contributed by atoms with Gasteiger partial charge in [-0.15, -0.1) is 24.8 Å². The Hall–Kier alpha value is -0.220. The minimum atomic E-state index is 0. The number of piperazine rings is 1. The Labute approximate surface area is 128 Å². The fourth-order valence-corrected chi connectivity index (χ4v) is 2.94. The Morgan fingerprint density at radius 1 is 1.26 bits per heavy atom. The van der Waals surface area contributed by atoms with Gasteiger partial charge in [-0.25, -0.2) is 0 Å². The average Bonchev–Trinajstić information content (AvgIpc) is 3.09. The molecule has 0 unspecified atom stereocenters. The van der Waals surface area contributed by atoms with Crippen molar-refractivity contribution < 1.29 is 0 Å². The van der Waals surface area contributed by atoms with Gasteiger partial charge in [-0.2, -0.15) is 0 Å². The molecule has 110 valence electrons. The van der Waals surface area contributed by atoms with Gasteiger partial charge in [0.1, 0.15) is 0 Å². The largest absolute Gasteiger partial charge is 0.353 e. The molecule has 1 N–H and O–H groups in total. The van der Waals surface area contributed by atoms with Crippen LogP contribution in [0.15, 0.2) is 18.3 Å². The number of rotatable bonds is 4. The van der Waals surface area contributed by atoms with Crippen molar-refractivity contribution in [2.45, 2.75) is 25.3 Å². The van der Waals surface area contributed by atoms with E-state index < -0.39 is 0 Å². The number of halogens is 2. The minimum Gasteiger partial charge on any atom is -0.353 e. The molecule has 19 heavy (non-hydrogen) atoms. The second-order valence-electron chi connectivity index (χ2n) is 5.52. The summed E-state index contributed by atoms with van der Waals surface area (Å²) < 4.78 is 2.30. The van der Waals surface area contributed by atoms with E-state index in [-0.39, 0.29) is 24.8 Å². The highest BCUT2D eigenvalue weighted by Crippen LogP contribution is 2.40. The van der Waals surface area contributed by atoms with Crippen LogP contribution in [0.5, 0.6) is 0 Å². The predicted octanol–water partition coefficient (Wildman–Crippen LogP) is 2.62. The number of aromatic nitrogens is 1. The maximum absolute atomic E-state index is 3.45. The van der Waals surface area contributed by atoms with Crippen LogP contribution in [0.2, 0.25) is 0 Å². The molecule has 0 amide bonds. The van der Waals surface area contributed by atoms with Crippen LogP contribution in [0.25, 0.3) is 0 Å². The van der Waals surface area contributed by atoms with Gasteiger partial charge in [0.2, 0.25) is 0 Å². The molecule has 1 aliphatic heterocycles. The highest BCUT2D eigenvalue weighted by molar-refractivity contribution is 5.85. The second kappa shape index (κ2) is 7.53. The third-order valence-electron chi connectivity index (χ3n) is 4.17. The molecule has 1 saturated carbocycles. The van der Waals surface area contributed by atoms with Crippen LogP contribution in [-0.2, 0) is 7.05 Å². The molecule has 5 heteroatoms. The van der Waals surface area contributed by atoms with E-state index in [0.29, 0.717) is 6.04 Å². The first kappa shape index (κ1) is 16.8. The molecule has 3 nitrogen and oxygen atoms in total. The van der Waals surface area contributed by atoms with Gasteiger partial charge in [0, 0.05) is 45.1 Å². The summed E-state index contributed by atoms with van der Waals surface area (Å²) in [5.74, 6) is 0.991. The van der Waals surface area contributed by atoms with Gasteiger partial charge < -0.3 is 9.88 Å². The van der Waals surface area contributed by atoms with Crippen molar-refractivity contribution in [3.05, 3.63) is 24.0 Å². The maximum atomic E-state index is 3.45. The van der Waals surface area contributed by atoms with Gasteiger partial charge >= 0.3 is 0 Å². The molecule has 1 atom stereocenters. The van der Waals surface area contributed by atoms with Crippen molar-refractivity contribution in [3.8, 4) is 0 Å². The standard InChI is InChI=1S/C14H23N3.2ClH/c1-16-8-2-3-13(16)14(11-12-4-5-12)17-9-6-15-7-10-17;;/h2-3,8,12,14-15H,4-7,9-11H2,1H3;2*1H/t14-;;/m1../s1. The maximum Gasteiger partial charge on any atom is 0.0504 e. The smallest absolute Gasteiger partial charge is 0.0504 e. The molecular weight excluding hydrogens is 281 g/mol. The van der Waals surface area contributed by atoms with E-state index in [2.05, 4.69) is 40.2 Å². The van der Waals surface area contributed by atoms with E-state index in [4.69, 9.17) is 0 Å². The van der Waals surface area contributed by atoms with Crippen LogP contribution < -0.4 is 5.32 Å². The molecule has 0 bridgehead atoms. The lowest BCUT2D eigenvalue weighted by Crippen LogP contribution is -2.45. The molecular formula is C14H25Cl2N3. The number of aryl methyl sites for hydroxylation is 1. The Morgan fingerprint density at radius 2 is 1.95 bits per heavy atom. The molecule has 2 fully saturated rings. The van der Waals surface area contributed by atoms with E-state index >= 15 is 0 Å². The second-order valence-corrected chi connectivity index (χ2v) is 5.52. The van der Waals surface area contributed by atoms with E-state index in [0.717, 1.165) is 19.0 Å². The lowest BCUT2D eigenvalue weighted by molar-refractivity contribution is 0.155. The van der Waals surface area contributed by atoms with E-state index in [1.807, 2.05) is 0 Å². The van der Waals surface area contributed by atoms with Crippen molar-refractivity contribution in [1.82, 2.24) is 14.8 Å². The fraction of sp³-hybridized carbons (Fsp3) is 0.714. The SMILES string of the molecule is Cl.Cl.Cn1cccc1[C@@H](CC1CC1)N1CCNCC1. The van der Waals surface area contributed by atoms with E-state index in [9.17, 15) is 0 Å². The minimum absolute atomic E-state index is 0. The Morgan fingerprint density at radius 3 is 2.47 bits per heavy atom. The summed E-state index contributed by atoms with van der Waals surface area (Å²) in [7, 11) is 2.18. The third kappa shape index (κ3) is 4.12. The fourth-order valence-electron chi connectivity index (χ4n) is 2.94. The van der Waals surface area contributed by atoms with Crippen LogP contribution >= 0.6 is 24.8 Å². The first-order chi connectivity index (χ1) is 8.34. The summed E-state index contributed by atoms with van der Waals surface area (Å²) in [5, 5.41) is 3.45. The van der Waals surface area contributed by atoms with E-state index in [1.165, 1.54) is 38.0 Å². The normalized spacial score (nSPS) is 21.3. The van der Waals surface area contributed by atoms with Crippen molar-refractivity contribution in [1.29, 1.82) is 0 Å². The summed E-state index contributed by atoms with van der Waals surface area (Å²) >= 11 is 0. The Bertz CT molecular complexity index is 371. The van der Waals surface area contributed by atoms with Crippen molar-refractivity contribution in [3.63, 3.8) is 0 Å². The van der Waals surface area contributed by atoms with Crippen molar-refractivity contribution in [2.24, 2.45) is 13.0 Å². The monoisotopic (exact) mass is 305 g/mol. The van der Waals surface area contributed by atoms with Gasteiger partial charge in [0.05, 0.1) is 6.04 Å². The molecule has 1 aromatic rings. The molecule has 0 spiro atoms. The Kier molecular flexibility index (Phi) is 6.67. The lowest BCUT2D eigenvalue weighted by Gasteiger charge is -2.35. The summed E-state index contributed by atoms with van der Waals surface area (Å²) in [6.45, 7) is 4.68. The summed E-state index contributed by atoms with van der Waals surface area (Å²) in [6.07, 6.45) is 6.44. The summed E-state index contributed by atoms with van der Waals surface area (Å²) in [5.41, 5.74) is 1.50. The zero-order valence-corrected chi connectivity index (χ0v) is 13.2. The number of nitrogens with zero attached hydrogens (tertiary/aromatic N) is 2. The number of hydrogen-bond donors (Lipinski definition) is 1. The molecule has 1 aromatic heterocycles. The van der Waals surface area contributed by atoms with Crippen LogP contribution in [0.4, 0.5) is 0 Å². The van der Waals surface area contributed by atoms with Crippen LogP contribution in [-0.4, -0.2) is 35.6 Å². The highest BCUT2D eigenvalue weighted by atomic mass is 35.5. The topological polar surface area (TPSA) is 20.2 Å². The van der Waals surface area contributed by atoms with Crippen LogP contribution in [0, 0.1) is 5.92 Å². The summed E-state index contributed by atoms with van der Waals surface area (Å²) in [4.78, 5) is 2.67. The first-order valence-corrected chi connectivity index (χ1v) is 6.90. The number of nitrogens with one attached hydrogen (secondary N) is 1. The molecule has 2 heterocycles. The Balaban J connectivity index is 0.000000902. The zero-order valence-electron chi connectivity index (χ0n) is 11.5. The molecule has 1 saturated heterocycles. The van der Waals surface area contributed by atoms with Gasteiger partial charge in [0.25, 0.3) is 0 Å². The van der Waals surface area contributed by atoms with Crippen LogP contribution in [0.1, 0.15) is 31.0 Å². The summed E-state index contributed by atoms with van der Waals surface area (Å²) in [6, 6.07) is 5.12. The van der Waals surface area contributed by atoms with Gasteiger partial charge in [0.15, 0.2) is 0 Å². The first-order valence-electron chi connectivity index (χ1n) is 6.90. The molecule has 0 aromatic carbocycles. The quantitative estimate of drug-likeness (QED) is 0.923. The van der Waals surface area contributed by atoms with Crippen LogP contribution in [0.3, 0.4) is 0 Å². The van der Waals surface area contributed by atoms with Gasteiger partial charge in [-0.3, -0.25) is 4.90 Å². The van der Waals surface area contributed by atoms with Gasteiger partial charge in [-0.05, 0) is 24.5 Å². The zero-order chi connectivity index (χ0) is 11.7. The molecule has 2 aliphatic rings. The number of hydrogen-bond acceptors (Lipinski definition) is 2. The third-order valence-corrected chi connectivity index (χ3v) is 4.17. The van der Waals surface area contributed by atoms with Crippen molar-refractivity contribution >= 4 is 24.8 Å². The molecule has 3 rings (SSSR count). The molecule has 0 radical (unpaired) electrons. The average molecular weight is 306 g/mol. The van der Waals surface area contributed by atoms with Crippen molar-refractivity contribution in [2.75, 3.05) is 26.2 Å². The highest BCUT2D eigenvalue weighted by Gasteiger charge is 2.31. The van der Waals surface area contributed by atoms with Gasteiger partial charge in [-0.1, -0.05) is 12.8 Å². The molecule has 1 aliphatic carbocycles.